The molecule has 0 radical (unpaired) electrons. The van der Waals surface area contributed by atoms with E-state index in [1.165, 1.54) is 22.4 Å². The summed E-state index contributed by atoms with van der Waals surface area (Å²) in [5.74, 6) is 0. The number of nitrogens with zero attached hydrogens (tertiary/aromatic N) is 2. The fourth-order valence-corrected chi connectivity index (χ4v) is 2.78. The van der Waals surface area contributed by atoms with Crippen LogP contribution in [0.1, 0.15) is 41.4 Å². The van der Waals surface area contributed by atoms with Gasteiger partial charge in [-0.05, 0) is 56.2 Å². The third-order valence-corrected chi connectivity index (χ3v) is 4.29. The highest BCUT2D eigenvalue weighted by Gasteiger charge is 2.12. The number of hydrogen-bond donors (Lipinski definition) is 1. The van der Waals surface area contributed by atoms with E-state index in [0.717, 1.165) is 31.4 Å². The smallest absolute Gasteiger partial charge is 0.0628 e. The van der Waals surface area contributed by atoms with Gasteiger partial charge in [0.15, 0.2) is 0 Å². The summed E-state index contributed by atoms with van der Waals surface area (Å²) in [5, 5.41) is 14.7. The monoisotopic (exact) mass is 286 g/mol. The number of hydrogen-bond acceptors (Lipinski definition) is 2. The van der Waals surface area contributed by atoms with Crippen molar-refractivity contribution in [2.45, 2.75) is 52.6 Å². The lowest BCUT2D eigenvalue weighted by molar-refractivity contribution is 0.165. The second-order valence-electron chi connectivity index (χ2n) is 5.84. The highest BCUT2D eigenvalue weighted by molar-refractivity contribution is 5.25. The second-order valence-corrected chi connectivity index (χ2v) is 5.84. The molecule has 0 aliphatic carbocycles. The van der Waals surface area contributed by atoms with Gasteiger partial charge in [-0.3, -0.25) is 4.68 Å². The Morgan fingerprint density at radius 2 is 1.76 bits per heavy atom. The molecule has 1 aromatic heterocycles. The first-order valence-electron chi connectivity index (χ1n) is 7.76. The summed E-state index contributed by atoms with van der Waals surface area (Å²) in [6.07, 6.45) is 3.16. The van der Waals surface area contributed by atoms with Gasteiger partial charge in [-0.25, -0.2) is 0 Å². The highest BCUT2D eigenvalue weighted by Crippen LogP contribution is 2.16. The van der Waals surface area contributed by atoms with Gasteiger partial charge in [-0.2, -0.15) is 5.10 Å². The molecule has 1 heterocycles. The molecule has 0 aliphatic heterocycles. The topological polar surface area (TPSA) is 38.1 Å². The number of aliphatic hydroxyl groups is 1. The molecule has 0 spiro atoms. The van der Waals surface area contributed by atoms with Crippen molar-refractivity contribution in [3.05, 3.63) is 52.3 Å². The van der Waals surface area contributed by atoms with Crippen LogP contribution in [0, 0.1) is 13.8 Å². The summed E-state index contributed by atoms with van der Waals surface area (Å²) < 4.78 is 1.92. The van der Waals surface area contributed by atoms with Crippen molar-refractivity contribution in [3.8, 4) is 0 Å². The van der Waals surface area contributed by atoms with Crippen molar-refractivity contribution in [3.63, 3.8) is 0 Å². The SMILES string of the molecule is CCc1ccc(CC(O)CCc2c(C)nn(C)c2C)cc1. The average Bonchev–Trinajstić information content (AvgIpc) is 2.71. The lowest BCUT2D eigenvalue weighted by atomic mass is 9.99. The van der Waals surface area contributed by atoms with Gasteiger partial charge in [-0.1, -0.05) is 31.2 Å². The predicted octanol–water partition coefficient (Wildman–Crippen LogP) is 3.14. The Morgan fingerprint density at radius 1 is 1.14 bits per heavy atom. The highest BCUT2D eigenvalue weighted by atomic mass is 16.3. The molecule has 3 nitrogen and oxygen atoms in total. The van der Waals surface area contributed by atoms with Gasteiger partial charge in [0.2, 0.25) is 0 Å². The molecule has 2 aromatic rings. The Labute approximate surface area is 127 Å². The van der Waals surface area contributed by atoms with Crippen molar-refractivity contribution < 1.29 is 5.11 Å². The maximum atomic E-state index is 10.3. The summed E-state index contributed by atoms with van der Waals surface area (Å²) in [6, 6.07) is 8.56. The van der Waals surface area contributed by atoms with Crippen molar-refractivity contribution in [2.24, 2.45) is 7.05 Å². The fourth-order valence-electron chi connectivity index (χ4n) is 2.78. The molecule has 0 bridgehead atoms. The molecule has 1 unspecified atom stereocenters. The molecule has 2 rings (SSSR count). The lowest BCUT2D eigenvalue weighted by Crippen LogP contribution is -2.12. The van der Waals surface area contributed by atoms with Crippen LogP contribution in [0.3, 0.4) is 0 Å². The van der Waals surface area contributed by atoms with Crippen molar-refractivity contribution >= 4 is 0 Å². The molecule has 0 fully saturated rings. The van der Waals surface area contributed by atoms with E-state index in [1.54, 1.807) is 0 Å². The molecule has 21 heavy (non-hydrogen) atoms. The number of aromatic nitrogens is 2. The van der Waals surface area contributed by atoms with E-state index in [-0.39, 0.29) is 6.10 Å². The minimum Gasteiger partial charge on any atom is -0.393 e. The molecule has 1 atom stereocenters. The molecular weight excluding hydrogens is 260 g/mol. The first kappa shape index (κ1) is 15.8. The molecule has 3 heteroatoms. The zero-order chi connectivity index (χ0) is 15.4. The van der Waals surface area contributed by atoms with E-state index in [1.807, 2.05) is 18.7 Å². The van der Waals surface area contributed by atoms with Gasteiger partial charge in [0.1, 0.15) is 0 Å². The predicted molar refractivity (Wildman–Crippen MR) is 86.5 cm³/mol. The van der Waals surface area contributed by atoms with Gasteiger partial charge in [-0.15, -0.1) is 0 Å². The summed E-state index contributed by atoms with van der Waals surface area (Å²) in [7, 11) is 1.97. The van der Waals surface area contributed by atoms with Crippen LogP contribution in [-0.4, -0.2) is 21.0 Å². The molecule has 0 saturated carbocycles. The molecule has 1 aromatic carbocycles. The number of aryl methyl sites for hydroxylation is 3. The summed E-state index contributed by atoms with van der Waals surface area (Å²) in [6.45, 7) is 6.28. The Hall–Kier alpha value is -1.61. The minimum absolute atomic E-state index is 0.295. The first-order chi connectivity index (χ1) is 10.0. The van der Waals surface area contributed by atoms with E-state index in [2.05, 4.69) is 43.2 Å². The lowest BCUT2D eigenvalue weighted by Gasteiger charge is -2.11. The summed E-state index contributed by atoms with van der Waals surface area (Å²) >= 11 is 0. The Morgan fingerprint density at radius 3 is 2.29 bits per heavy atom. The van der Waals surface area contributed by atoms with Gasteiger partial charge in [0.25, 0.3) is 0 Å². The third kappa shape index (κ3) is 3.94. The van der Waals surface area contributed by atoms with E-state index < -0.39 is 0 Å². The standard InChI is InChI=1S/C18H26N2O/c1-5-15-6-8-16(9-7-15)12-17(21)10-11-18-13(2)19-20(4)14(18)3/h6-9,17,21H,5,10-12H2,1-4H3. The Kier molecular flexibility index (Phi) is 5.18. The Balaban J connectivity index is 1.90. The maximum Gasteiger partial charge on any atom is 0.0628 e. The first-order valence-corrected chi connectivity index (χ1v) is 7.76. The van der Waals surface area contributed by atoms with E-state index >= 15 is 0 Å². The fraction of sp³-hybridized carbons (Fsp3) is 0.500. The average molecular weight is 286 g/mol. The summed E-state index contributed by atoms with van der Waals surface area (Å²) in [5.41, 5.74) is 6.11. The largest absolute Gasteiger partial charge is 0.393 e. The second kappa shape index (κ2) is 6.90. The Bertz CT molecular complexity index is 584. The van der Waals surface area contributed by atoms with Gasteiger partial charge in [0.05, 0.1) is 11.8 Å². The molecule has 0 saturated heterocycles. The van der Waals surface area contributed by atoms with Gasteiger partial charge >= 0.3 is 0 Å². The van der Waals surface area contributed by atoms with Crippen molar-refractivity contribution in [2.75, 3.05) is 0 Å². The van der Waals surface area contributed by atoms with E-state index in [9.17, 15) is 5.11 Å². The number of aliphatic hydroxyl groups excluding tert-OH is 1. The zero-order valence-electron chi connectivity index (χ0n) is 13.6. The number of rotatable bonds is 6. The van der Waals surface area contributed by atoms with Crippen molar-refractivity contribution in [1.82, 2.24) is 9.78 Å². The van der Waals surface area contributed by atoms with E-state index in [0.29, 0.717) is 0 Å². The quantitative estimate of drug-likeness (QED) is 0.886. The van der Waals surface area contributed by atoms with Crippen LogP contribution in [0.2, 0.25) is 0 Å². The zero-order valence-corrected chi connectivity index (χ0v) is 13.6. The van der Waals surface area contributed by atoms with E-state index in [4.69, 9.17) is 0 Å². The van der Waals surface area contributed by atoms with Crippen LogP contribution in [-0.2, 0) is 26.3 Å². The molecule has 0 aliphatic rings. The van der Waals surface area contributed by atoms with Gasteiger partial charge in [0, 0.05) is 12.7 Å². The third-order valence-electron chi connectivity index (χ3n) is 4.29. The minimum atomic E-state index is -0.295. The summed E-state index contributed by atoms with van der Waals surface area (Å²) in [4.78, 5) is 0. The normalized spacial score (nSPS) is 12.6. The van der Waals surface area contributed by atoms with Crippen LogP contribution in [0.25, 0.3) is 0 Å². The molecular formula is C18H26N2O. The number of benzene rings is 1. The maximum absolute atomic E-state index is 10.3. The van der Waals surface area contributed by atoms with Gasteiger partial charge < -0.3 is 5.11 Å². The van der Waals surface area contributed by atoms with Crippen LogP contribution in [0.15, 0.2) is 24.3 Å². The van der Waals surface area contributed by atoms with Crippen LogP contribution in [0.5, 0.6) is 0 Å². The molecule has 114 valence electrons. The molecule has 1 N–H and O–H groups in total. The van der Waals surface area contributed by atoms with Crippen molar-refractivity contribution in [1.29, 1.82) is 0 Å². The molecule has 0 amide bonds. The van der Waals surface area contributed by atoms with Crippen LogP contribution < -0.4 is 0 Å². The van der Waals surface area contributed by atoms with Crippen LogP contribution in [0.4, 0.5) is 0 Å². The van der Waals surface area contributed by atoms with Crippen LogP contribution >= 0.6 is 0 Å².